The molecule has 1 unspecified atom stereocenters. The number of halogens is 2. The molecule has 0 saturated heterocycles. The summed E-state index contributed by atoms with van der Waals surface area (Å²) in [6.45, 7) is 0. The van der Waals surface area contributed by atoms with E-state index in [2.05, 4.69) is 15.9 Å². The number of nitrogens with two attached hydrogens (primary N) is 1. The highest BCUT2D eigenvalue weighted by Gasteiger charge is 2.17. The predicted octanol–water partition coefficient (Wildman–Crippen LogP) is 3.70. The Bertz CT molecular complexity index is 435. The van der Waals surface area contributed by atoms with Gasteiger partial charge in [-0.05, 0) is 23.6 Å². The molecule has 0 bridgehead atoms. The molecule has 0 aliphatic heterocycles. The van der Waals surface area contributed by atoms with Crippen LogP contribution in [0.3, 0.4) is 0 Å². The Balaban J connectivity index is 2.46. The Morgan fingerprint density at radius 3 is 2.67 bits per heavy atom. The summed E-state index contributed by atoms with van der Waals surface area (Å²) in [5, 5.41) is 1.93. The van der Waals surface area contributed by atoms with Crippen molar-refractivity contribution in [1.29, 1.82) is 0 Å². The molecule has 2 N–H and O–H groups in total. The second kappa shape index (κ2) is 4.43. The first kappa shape index (κ1) is 10.8. The van der Waals surface area contributed by atoms with Crippen LogP contribution >= 0.6 is 27.3 Å². The minimum atomic E-state index is -0.402. The number of hydrogen-bond acceptors (Lipinski definition) is 2. The van der Waals surface area contributed by atoms with E-state index in [1.165, 1.54) is 17.4 Å². The zero-order valence-corrected chi connectivity index (χ0v) is 10.2. The highest BCUT2D eigenvalue weighted by Crippen LogP contribution is 2.30. The van der Waals surface area contributed by atoms with Gasteiger partial charge in [-0.15, -0.1) is 11.3 Å². The number of thiophene rings is 1. The normalized spacial score (nSPS) is 12.7. The Morgan fingerprint density at radius 2 is 2.07 bits per heavy atom. The van der Waals surface area contributed by atoms with Gasteiger partial charge in [0.15, 0.2) is 0 Å². The molecule has 15 heavy (non-hydrogen) atoms. The first-order valence-electron chi connectivity index (χ1n) is 4.43. The van der Waals surface area contributed by atoms with Crippen molar-refractivity contribution < 1.29 is 4.39 Å². The van der Waals surface area contributed by atoms with E-state index in [1.807, 2.05) is 17.5 Å². The van der Waals surface area contributed by atoms with Gasteiger partial charge in [-0.3, -0.25) is 0 Å². The standard InChI is InChI=1S/C11H9BrFNS/c12-7-3-1-4-8(13)10(7)11(14)9-5-2-6-15-9/h1-6,11H,14H2. The molecule has 4 heteroatoms. The summed E-state index contributed by atoms with van der Waals surface area (Å²) in [4.78, 5) is 0.959. The first-order valence-corrected chi connectivity index (χ1v) is 6.10. The maximum Gasteiger partial charge on any atom is 0.129 e. The van der Waals surface area contributed by atoms with Crippen molar-refractivity contribution in [3.05, 3.63) is 56.4 Å². The molecule has 1 nitrogen and oxygen atoms in total. The Kier molecular flexibility index (Phi) is 3.19. The molecule has 0 amide bonds. The molecule has 0 aliphatic rings. The van der Waals surface area contributed by atoms with Crippen LogP contribution in [-0.4, -0.2) is 0 Å². The third-order valence-electron chi connectivity index (χ3n) is 2.16. The third-order valence-corrected chi connectivity index (χ3v) is 3.81. The quantitative estimate of drug-likeness (QED) is 0.895. The minimum Gasteiger partial charge on any atom is -0.319 e. The van der Waals surface area contributed by atoms with E-state index in [9.17, 15) is 4.39 Å². The lowest BCUT2D eigenvalue weighted by Gasteiger charge is -2.12. The van der Waals surface area contributed by atoms with Gasteiger partial charge in [-0.2, -0.15) is 0 Å². The molecule has 2 rings (SSSR count). The number of benzene rings is 1. The Hall–Kier alpha value is -0.710. The molecular weight excluding hydrogens is 277 g/mol. The molecule has 0 saturated carbocycles. The van der Waals surface area contributed by atoms with E-state index in [0.717, 1.165) is 4.88 Å². The van der Waals surface area contributed by atoms with Crippen molar-refractivity contribution >= 4 is 27.3 Å². The summed E-state index contributed by atoms with van der Waals surface area (Å²) >= 11 is 4.85. The zero-order valence-electron chi connectivity index (χ0n) is 7.78. The van der Waals surface area contributed by atoms with Gasteiger partial charge in [0, 0.05) is 14.9 Å². The lowest BCUT2D eigenvalue weighted by atomic mass is 10.1. The number of rotatable bonds is 2. The van der Waals surface area contributed by atoms with Crippen molar-refractivity contribution in [2.45, 2.75) is 6.04 Å². The fraction of sp³-hybridized carbons (Fsp3) is 0.0909. The SMILES string of the molecule is NC(c1cccs1)c1c(F)cccc1Br. The maximum atomic E-state index is 13.6. The smallest absolute Gasteiger partial charge is 0.129 e. The second-order valence-electron chi connectivity index (χ2n) is 3.13. The van der Waals surface area contributed by atoms with Gasteiger partial charge in [-0.1, -0.05) is 28.1 Å². The summed E-state index contributed by atoms with van der Waals surface area (Å²) < 4.78 is 14.3. The lowest BCUT2D eigenvalue weighted by molar-refractivity contribution is 0.599. The van der Waals surface area contributed by atoms with E-state index in [1.54, 1.807) is 12.1 Å². The van der Waals surface area contributed by atoms with Crippen LogP contribution < -0.4 is 5.73 Å². The third kappa shape index (κ3) is 2.12. The van der Waals surface area contributed by atoms with Crippen LogP contribution in [0.15, 0.2) is 40.2 Å². The van der Waals surface area contributed by atoms with Gasteiger partial charge < -0.3 is 5.73 Å². The molecule has 2 aromatic rings. The fourth-order valence-electron chi connectivity index (χ4n) is 1.42. The van der Waals surface area contributed by atoms with Crippen molar-refractivity contribution in [1.82, 2.24) is 0 Å². The van der Waals surface area contributed by atoms with Gasteiger partial charge in [-0.25, -0.2) is 4.39 Å². The summed E-state index contributed by atoms with van der Waals surface area (Å²) in [6.07, 6.45) is 0. The van der Waals surface area contributed by atoms with E-state index in [0.29, 0.717) is 10.0 Å². The van der Waals surface area contributed by atoms with E-state index >= 15 is 0 Å². The molecule has 0 spiro atoms. The summed E-state index contributed by atoms with van der Waals surface area (Å²) in [5.41, 5.74) is 6.52. The molecule has 0 aliphatic carbocycles. The Morgan fingerprint density at radius 1 is 1.27 bits per heavy atom. The minimum absolute atomic E-state index is 0.273. The fourth-order valence-corrected chi connectivity index (χ4v) is 2.74. The van der Waals surface area contributed by atoms with E-state index in [4.69, 9.17) is 5.73 Å². The van der Waals surface area contributed by atoms with Crippen LogP contribution in [0.1, 0.15) is 16.5 Å². The molecule has 78 valence electrons. The molecule has 1 aromatic heterocycles. The molecule has 1 heterocycles. The molecule has 0 radical (unpaired) electrons. The highest BCUT2D eigenvalue weighted by atomic mass is 79.9. The Labute approximate surface area is 99.9 Å². The van der Waals surface area contributed by atoms with Gasteiger partial charge in [0.2, 0.25) is 0 Å². The van der Waals surface area contributed by atoms with Crippen molar-refractivity contribution in [3.63, 3.8) is 0 Å². The summed E-state index contributed by atoms with van der Waals surface area (Å²) in [5.74, 6) is -0.273. The van der Waals surface area contributed by atoms with Crippen LogP contribution in [-0.2, 0) is 0 Å². The van der Waals surface area contributed by atoms with Crippen LogP contribution in [0.5, 0.6) is 0 Å². The molecular formula is C11H9BrFNS. The van der Waals surface area contributed by atoms with Crippen LogP contribution in [0.2, 0.25) is 0 Å². The number of hydrogen-bond donors (Lipinski definition) is 1. The summed E-state index contributed by atoms with van der Waals surface area (Å²) in [7, 11) is 0. The maximum absolute atomic E-state index is 13.6. The average molecular weight is 286 g/mol. The van der Waals surface area contributed by atoms with Crippen molar-refractivity contribution in [3.8, 4) is 0 Å². The topological polar surface area (TPSA) is 26.0 Å². The lowest BCUT2D eigenvalue weighted by Crippen LogP contribution is -2.12. The zero-order chi connectivity index (χ0) is 10.8. The monoisotopic (exact) mass is 285 g/mol. The van der Waals surface area contributed by atoms with Crippen molar-refractivity contribution in [2.24, 2.45) is 5.73 Å². The van der Waals surface area contributed by atoms with Crippen molar-refractivity contribution in [2.75, 3.05) is 0 Å². The van der Waals surface area contributed by atoms with E-state index in [-0.39, 0.29) is 5.82 Å². The molecule has 0 fully saturated rings. The summed E-state index contributed by atoms with van der Waals surface area (Å²) in [6, 6.07) is 8.30. The molecule has 1 aromatic carbocycles. The van der Waals surface area contributed by atoms with Crippen LogP contribution in [0.25, 0.3) is 0 Å². The van der Waals surface area contributed by atoms with Gasteiger partial charge >= 0.3 is 0 Å². The van der Waals surface area contributed by atoms with Crippen LogP contribution in [0, 0.1) is 5.82 Å². The highest BCUT2D eigenvalue weighted by molar-refractivity contribution is 9.10. The molecule has 1 atom stereocenters. The first-order chi connectivity index (χ1) is 7.20. The predicted molar refractivity (Wildman–Crippen MR) is 64.4 cm³/mol. The van der Waals surface area contributed by atoms with Gasteiger partial charge in [0.25, 0.3) is 0 Å². The van der Waals surface area contributed by atoms with Gasteiger partial charge in [0.05, 0.1) is 6.04 Å². The average Bonchev–Trinajstić information content (AvgIpc) is 2.69. The largest absolute Gasteiger partial charge is 0.319 e. The van der Waals surface area contributed by atoms with E-state index < -0.39 is 6.04 Å². The van der Waals surface area contributed by atoms with Gasteiger partial charge in [0.1, 0.15) is 5.82 Å². The second-order valence-corrected chi connectivity index (χ2v) is 4.96. The van der Waals surface area contributed by atoms with Crippen LogP contribution in [0.4, 0.5) is 4.39 Å².